The van der Waals surface area contributed by atoms with Crippen molar-refractivity contribution >= 4 is 23.0 Å². The number of ether oxygens (including phenoxy) is 2. The zero-order valence-corrected chi connectivity index (χ0v) is 15.7. The van der Waals surface area contributed by atoms with Crippen molar-refractivity contribution in [3.05, 3.63) is 72.1 Å². The van der Waals surface area contributed by atoms with E-state index in [1.807, 2.05) is 42.5 Å². The molecule has 0 atom stereocenters. The molecule has 0 unspecified atom stereocenters. The molecule has 0 bridgehead atoms. The van der Waals surface area contributed by atoms with Crippen LogP contribution in [-0.4, -0.2) is 17.7 Å². The van der Waals surface area contributed by atoms with Gasteiger partial charge in [0.1, 0.15) is 0 Å². The van der Waals surface area contributed by atoms with Crippen LogP contribution in [0.2, 0.25) is 0 Å². The standard InChI is InChI=1S/C22H21N3O3/c1-14(2)18-5-3-4-6-19(18)25-22(26)15-9-17(12-23-11-15)24-16-7-8-20-21(10-16)28-13-27-20/h3-12,14,24H,13H2,1-2H3,(H,25,26). The predicted molar refractivity (Wildman–Crippen MR) is 109 cm³/mol. The maximum Gasteiger partial charge on any atom is 0.257 e. The second kappa shape index (κ2) is 7.60. The highest BCUT2D eigenvalue weighted by atomic mass is 16.7. The van der Waals surface area contributed by atoms with E-state index >= 15 is 0 Å². The lowest BCUT2D eigenvalue weighted by Gasteiger charge is -2.14. The zero-order chi connectivity index (χ0) is 19.5. The predicted octanol–water partition coefficient (Wildman–Crippen LogP) is 4.93. The van der Waals surface area contributed by atoms with Crippen molar-refractivity contribution < 1.29 is 14.3 Å². The lowest BCUT2D eigenvalue weighted by Crippen LogP contribution is -2.14. The highest BCUT2D eigenvalue weighted by Gasteiger charge is 2.14. The van der Waals surface area contributed by atoms with E-state index in [9.17, 15) is 4.79 Å². The molecule has 1 amide bonds. The zero-order valence-electron chi connectivity index (χ0n) is 15.7. The molecule has 2 N–H and O–H groups in total. The van der Waals surface area contributed by atoms with Gasteiger partial charge in [0.15, 0.2) is 11.5 Å². The summed E-state index contributed by atoms with van der Waals surface area (Å²) in [7, 11) is 0. The van der Waals surface area contributed by atoms with Gasteiger partial charge in [-0.2, -0.15) is 0 Å². The molecule has 142 valence electrons. The largest absolute Gasteiger partial charge is 0.454 e. The van der Waals surface area contributed by atoms with E-state index in [-0.39, 0.29) is 12.7 Å². The molecule has 1 aliphatic heterocycles. The molecule has 6 nitrogen and oxygen atoms in total. The molecule has 0 saturated heterocycles. The fourth-order valence-corrected chi connectivity index (χ4v) is 3.08. The lowest BCUT2D eigenvalue weighted by atomic mass is 10.0. The second-order valence-electron chi connectivity index (χ2n) is 6.85. The molecular weight excluding hydrogens is 354 g/mol. The Morgan fingerprint density at radius 3 is 2.68 bits per heavy atom. The number of para-hydroxylation sites is 1. The molecule has 0 fully saturated rings. The fourth-order valence-electron chi connectivity index (χ4n) is 3.08. The number of hydrogen-bond donors (Lipinski definition) is 2. The van der Waals surface area contributed by atoms with E-state index in [2.05, 4.69) is 29.5 Å². The van der Waals surface area contributed by atoms with Crippen LogP contribution in [0.5, 0.6) is 11.5 Å². The van der Waals surface area contributed by atoms with Gasteiger partial charge in [-0.3, -0.25) is 9.78 Å². The summed E-state index contributed by atoms with van der Waals surface area (Å²) in [6, 6.07) is 15.2. The minimum atomic E-state index is -0.199. The van der Waals surface area contributed by atoms with Crippen LogP contribution in [0.25, 0.3) is 0 Å². The first kappa shape index (κ1) is 17.9. The first-order valence-electron chi connectivity index (χ1n) is 9.12. The highest BCUT2D eigenvalue weighted by molar-refractivity contribution is 6.05. The van der Waals surface area contributed by atoms with Crippen LogP contribution >= 0.6 is 0 Å². The average molecular weight is 375 g/mol. The number of pyridine rings is 1. The summed E-state index contributed by atoms with van der Waals surface area (Å²) in [5, 5.41) is 6.23. The highest BCUT2D eigenvalue weighted by Crippen LogP contribution is 2.35. The van der Waals surface area contributed by atoms with Gasteiger partial charge in [-0.1, -0.05) is 32.0 Å². The van der Waals surface area contributed by atoms with Gasteiger partial charge in [0.05, 0.1) is 17.4 Å². The van der Waals surface area contributed by atoms with Crippen LogP contribution in [0.1, 0.15) is 35.7 Å². The topological polar surface area (TPSA) is 72.5 Å². The summed E-state index contributed by atoms with van der Waals surface area (Å²) in [5.41, 5.74) is 3.93. The molecule has 0 radical (unpaired) electrons. The van der Waals surface area contributed by atoms with E-state index in [0.717, 1.165) is 22.7 Å². The van der Waals surface area contributed by atoms with Gasteiger partial charge >= 0.3 is 0 Å². The summed E-state index contributed by atoms with van der Waals surface area (Å²) in [6.07, 6.45) is 3.22. The Hall–Kier alpha value is -3.54. The van der Waals surface area contributed by atoms with E-state index < -0.39 is 0 Å². The number of nitrogens with zero attached hydrogens (tertiary/aromatic N) is 1. The first-order valence-corrected chi connectivity index (χ1v) is 9.12. The first-order chi connectivity index (χ1) is 13.6. The maximum atomic E-state index is 12.7. The van der Waals surface area contributed by atoms with Crippen molar-refractivity contribution in [3.8, 4) is 11.5 Å². The van der Waals surface area contributed by atoms with Crippen LogP contribution in [0.15, 0.2) is 60.9 Å². The van der Waals surface area contributed by atoms with Gasteiger partial charge in [-0.25, -0.2) is 0 Å². The Morgan fingerprint density at radius 1 is 1.00 bits per heavy atom. The molecule has 0 aliphatic carbocycles. The third-order valence-electron chi connectivity index (χ3n) is 4.49. The Morgan fingerprint density at radius 2 is 1.82 bits per heavy atom. The van der Waals surface area contributed by atoms with Crippen LogP contribution in [0.4, 0.5) is 17.1 Å². The van der Waals surface area contributed by atoms with Gasteiger partial charge in [-0.05, 0) is 35.7 Å². The van der Waals surface area contributed by atoms with Crippen LogP contribution in [-0.2, 0) is 0 Å². The van der Waals surface area contributed by atoms with E-state index in [1.54, 1.807) is 18.5 Å². The van der Waals surface area contributed by atoms with Gasteiger partial charge < -0.3 is 20.1 Å². The number of rotatable bonds is 5. The number of nitrogens with one attached hydrogen (secondary N) is 2. The number of amides is 1. The molecule has 1 aromatic heterocycles. The summed E-state index contributed by atoms with van der Waals surface area (Å²) in [5.74, 6) is 1.53. The molecule has 4 rings (SSSR count). The SMILES string of the molecule is CC(C)c1ccccc1NC(=O)c1cncc(Nc2ccc3c(c2)OCO3)c1. The summed E-state index contributed by atoms with van der Waals surface area (Å²) >= 11 is 0. The monoisotopic (exact) mass is 375 g/mol. The summed E-state index contributed by atoms with van der Waals surface area (Å²) in [6.45, 7) is 4.43. The van der Waals surface area contributed by atoms with E-state index in [4.69, 9.17) is 9.47 Å². The number of benzene rings is 2. The average Bonchev–Trinajstić information content (AvgIpc) is 3.16. The van der Waals surface area contributed by atoms with Crippen molar-refractivity contribution in [2.75, 3.05) is 17.4 Å². The number of fused-ring (bicyclic) bond motifs is 1. The number of hydrogen-bond acceptors (Lipinski definition) is 5. The van der Waals surface area contributed by atoms with Crippen LogP contribution in [0, 0.1) is 0 Å². The van der Waals surface area contributed by atoms with Crippen molar-refractivity contribution in [1.82, 2.24) is 4.98 Å². The van der Waals surface area contributed by atoms with Crippen molar-refractivity contribution in [2.24, 2.45) is 0 Å². The minimum absolute atomic E-state index is 0.199. The third kappa shape index (κ3) is 3.76. The van der Waals surface area contributed by atoms with E-state index in [1.165, 1.54) is 0 Å². The Balaban J connectivity index is 1.51. The summed E-state index contributed by atoms with van der Waals surface area (Å²) < 4.78 is 10.7. The molecule has 0 saturated carbocycles. The molecule has 0 spiro atoms. The Labute approximate surface area is 163 Å². The molecule has 6 heteroatoms. The van der Waals surface area contributed by atoms with Crippen molar-refractivity contribution in [2.45, 2.75) is 19.8 Å². The van der Waals surface area contributed by atoms with Crippen molar-refractivity contribution in [3.63, 3.8) is 0 Å². The molecule has 2 aromatic carbocycles. The van der Waals surface area contributed by atoms with Gasteiger partial charge in [0.2, 0.25) is 6.79 Å². The van der Waals surface area contributed by atoms with Gasteiger partial charge in [0.25, 0.3) is 5.91 Å². The number of aromatic nitrogens is 1. The second-order valence-corrected chi connectivity index (χ2v) is 6.85. The fraction of sp³-hybridized carbons (Fsp3) is 0.182. The Bertz CT molecular complexity index is 1020. The molecule has 28 heavy (non-hydrogen) atoms. The normalized spacial score (nSPS) is 12.1. The molecule has 3 aromatic rings. The third-order valence-corrected chi connectivity index (χ3v) is 4.49. The quantitative estimate of drug-likeness (QED) is 0.661. The molecular formula is C22H21N3O3. The van der Waals surface area contributed by atoms with Crippen LogP contribution in [0.3, 0.4) is 0 Å². The van der Waals surface area contributed by atoms with Crippen LogP contribution < -0.4 is 20.1 Å². The smallest absolute Gasteiger partial charge is 0.257 e. The number of carbonyl (C=O) groups excluding carboxylic acids is 1. The van der Waals surface area contributed by atoms with E-state index in [0.29, 0.717) is 22.9 Å². The lowest BCUT2D eigenvalue weighted by molar-refractivity contribution is 0.102. The van der Waals surface area contributed by atoms with Gasteiger partial charge in [-0.15, -0.1) is 0 Å². The summed E-state index contributed by atoms with van der Waals surface area (Å²) in [4.78, 5) is 16.9. The van der Waals surface area contributed by atoms with Crippen molar-refractivity contribution in [1.29, 1.82) is 0 Å². The molecule has 1 aliphatic rings. The maximum absolute atomic E-state index is 12.7. The number of anilines is 3. The van der Waals surface area contributed by atoms with Gasteiger partial charge in [0, 0.05) is 23.6 Å². The Kier molecular flexibility index (Phi) is 4.85. The minimum Gasteiger partial charge on any atom is -0.454 e. The molecule has 2 heterocycles. The number of carbonyl (C=O) groups is 1.